The Hall–Kier alpha value is -1.07. The molecule has 0 amide bonds. The molecule has 0 aliphatic heterocycles. The van der Waals surface area contributed by atoms with Crippen LogP contribution in [0.4, 0.5) is 0 Å². The molecule has 6 heteroatoms. The second-order valence-electron chi connectivity index (χ2n) is 1.93. The van der Waals surface area contributed by atoms with Crippen LogP contribution in [0, 0.1) is 0 Å². The number of rotatable bonds is 2. The first-order valence-electron chi connectivity index (χ1n) is 3.10. The summed E-state index contributed by atoms with van der Waals surface area (Å²) in [7, 11) is 1.41. The second-order valence-corrected chi connectivity index (χ2v) is 1.93. The molecular weight excluding hydrogens is 182 g/mol. The molecule has 5 nitrogen and oxygen atoms in total. The van der Waals surface area contributed by atoms with E-state index in [9.17, 15) is 4.79 Å². The third-order valence-corrected chi connectivity index (χ3v) is 1.23. The summed E-state index contributed by atoms with van der Waals surface area (Å²) in [5.41, 5.74) is 4.93. The largest absolute Gasteiger partial charge is 0.490 e. The minimum absolute atomic E-state index is 0. The fraction of sp³-hybridized carbons (Fsp3) is 0.333. The average Bonchev–Trinajstić information content (AvgIpc) is 2.04. The van der Waals surface area contributed by atoms with E-state index in [2.05, 4.69) is 9.97 Å². The van der Waals surface area contributed by atoms with Crippen LogP contribution in [0.2, 0.25) is 0 Å². The molecule has 1 aromatic rings. The number of nitrogens with two attached hydrogens (primary N) is 1. The van der Waals surface area contributed by atoms with Crippen molar-refractivity contribution in [3.63, 3.8) is 0 Å². The van der Waals surface area contributed by atoms with Gasteiger partial charge in [-0.15, -0.1) is 12.4 Å². The zero-order chi connectivity index (χ0) is 8.27. The van der Waals surface area contributed by atoms with Gasteiger partial charge in [0, 0.05) is 0 Å². The monoisotopic (exact) mass is 191 g/mol. The zero-order valence-corrected chi connectivity index (χ0v) is 7.35. The molecule has 0 bridgehead atoms. The van der Waals surface area contributed by atoms with Crippen molar-refractivity contribution in [1.82, 2.24) is 9.97 Å². The van der Waals surface area contributed by atoms with Gasteiger partial charge in [-0.25, -0.2) is 4.98 Å². The summed E-state index contributed by atoms with van der Waals surface area (Å²) in [5, 5.41) is 0. The van der Waals surface area contributed by atoms with Crippen LogP contribution < -0.4 is 16.0 Å². The summed E-state index contributed by atoms with van der Waals surface area (Å²) in [4.78, 5) is 17.2. The molecule has 12 heavy (non-hydrogen) atoms. The minimum Gasteiger partial charge on any atom is -0.490 e. The lowest BCUT2D eigenvalue weighted by Crippen LogP contribution is -2.15. The van der Waals surface area contributed by atoms with Gasteiger partial charge in [0.05, 0.1) is 19.9 Å². The van der Waals surface area contributed by atoms with E-state index in [0.717, 1.165) is 0 Å². The lowest BCUT2D eigenvalue weighted by molar-refractivity contribution is 0.405. The number of aromatic amines is 1. The van der Waals surface area contributed by atoms with E-state index in [0.29, 0.717) is 5.82 Å². The lowest BCUT2D eigenvalue weighted by Gasteiger charge is -1.98. The van der Waals surface area contributed by atoms with Gasteiger partial charge in [0.1, 0.15) is 5.82 Å². The van der Waals surface area contributed by atoms with Crippen LogP contribution in [-0.4, -0.2) is 17.1 Å². The number of hydrogen-bond acceptors (Lipinski definition) is 4. The maximum Gasteiger partial charge on any atom is 0.293 e. The Bertz CT molecular complexity index is 299. The summed E-state index contributed by atoms with van der Waals surface area (Å²) >= 11 is 0. The number of H-pyrrole nitrogens is 1. The Labute approximate surface area is 75.4 Å². The normalized spacial score (nSPS) is 8.83. The van der Waals surface area contributed by atoms with Crippen LogP contribution in [0.1, 0.15) is 5.82 Å². The molecule has 0 aliphatic carbocycles. The minimum atomic E-state index is -0.303. The first-order valence-corrected chi connectivity index (χ1v) is 3.10. The molecule has 1 rings (SSSR count). The predicted octanol–water partition coefficient (Wildman–Crippen LogP) is -0.341. The Balaban J connectivity index is 0.00000121. The second kappa shape index (κ2) is 4.74. The first kappa shape index (κ1) is 10.9. The highest BCUT2D eigenvalue weighted by Crippen LogP contribution is 1.96. The van der Waals surface area contributed by atoms with Gasteiger partial charge < -0.3 is 15.5 Å². The number of hydrogen-bond donors (Lipinski definition) is 2. The standard InChI is InChI=1S/C6H9N3O2.ClH/c1-11-4-3-8-5(2-7)9-6(4)10;/h3H,2,7H2,1H3,(H,8,9,10);1H. The predicted molar refractivity (Wildman–Crippen MR) is 46.5 cm³/mol. The number of nitrogens with zero attached hydrogens (tertiary/aromatic N) is 1. The van der Waals surface area contributed by atoms with Gasteiger partial charge >= 0.3 is 0 Å². The van der Waals surface area contributed by atoms with Gasteiger partial charge in [0.2, 0.25) is 5.75 Å². The van der Waals surface area contributed by atoms with Crippen molar-refractivity contribution in [2.75, 3.05) is 7.11 Å². The average molecular weight is 192 g/mol. The number of ether oxygens (including phenoxy) is 1. The molecule has 1 heterocycles. The van der Waals surface area contributed by atoms with E-state index in [4.69, 9.17) is 10.5 Å². The van der Waals surface area contributed by atoms with E-state index in [1.807, 2.05) is 0 Å². The fourth-order valence-corrected chi connectivity index (χ4v) is 0.669. The molecule has 0 aromatic carbocycles. The van der Waals surface area contributed by atoms with Gasteiger partial charge in [-0.1, -0.05) is 0 Å². The maximum atomic E-state index is 11.0. The van der Waals surface area contributed by atoms with Crippen molar-refractivity contribution < 1.29 is 4.74 Å². The maximum absolute atomic E-state index is 11.0. The van der Waals surface area contributed by atoms with E-state index in [-0.39, 0.29) is 30.3 Å². The Kier molecular flexibility index (Phi) is 4.31. The highest BCUT2D eigenvalue weighted by molar-refractivity contribution is 5.85. The van der Waals surface area contributed by atoms with Crippen molar-refractivity contribution in [3.8, 4) is 5.75 Å². The lowest BCUT2D eigenvalue weighted by atomic mass is 10.5. The number of halogens is 1. The van der Waals surface area contributed by atoms with Crippen LogP contribution in [0.5, 0.6) is 5.75 Å². The number of aromatic nitrogens is 2. The first-order chi connectivity index (χ1) is 5.27. The summed E-state index contributed by atoms with van der Waals surface area (Å²) in [6, 6.07) is 0. The van der Waals surface area contributed by atoms with Gasteiger partial charge in [0.25, 0.3) is 5.56 Å². The molecule has 0 atom stereocenters. The quantitative estimate of drug-likeness (QED) is 0.670. The van der Waals surface area contributed by atoms with Gasteiger partial charge in [-0.3, -0.25) is 4.79 Å². The Morgan fingerprint density at radius 2 is 2.42 bits per heavy atom. The van der Waals surface area contributed by atoms with Crippen molar-refractivity contribution in [2.45, 2.75) is 6.54 Å². The van der Waals surface area contributed by atoms with Crippen molar-refractivity contribution in [3.05, 3.63) is 22.4 Å². The SMILES string of the molecule is COc1cnc(CN)[nH]c1=O.Cl. The summed E-state index contributed by atoms with van der Waals surface area (Å²) in [6.45, 7) is 0.221. The third-order valence-electron chi connectivity index (χ3n) is 1.23. The number of methoxy groups -OCH3 is 1. The molecule has 0 aliphatic rings. The van der Waals surface area contributed by atoms with Crippen LogP contribution in [0.3, 0.4) is 0 Å². The van der Waals surface area contributed by atoms with Crippen LogP contribution in [0.15, 0.2) is 11.0 Å². The molecule has 3 N–H and O–H groups in total. The smallest absolute Gasteiger partial charge is 0.293 e. The van der Waals surface area contributed by atoms with Crippen molar-refractivity contribution in [1.29, 1.82) is 0 Å². The van der Waals surface area contributed by atoms with Crippen LogP contribution in [0.25, 0.3) is 0 Å². The van der Waals surface area contributed by atoms with Crippen LogP contribution in [-0.2, 0) is 6.54 Å². The molecular formula is C6H10ClN3O2. The van der Waals surface area contributed by atoms with Crippen LogP contribution >= 0.6 is 12.4 Å². The van der Waals surface area contributed by atoms with E-state index in [1.54, 1.807) is 0 Å². The van der Waals surface area contributed by atoms with Gasteiger partial charge in [0.15, 0.2) is 0 Å². The fourth-order valence-electron chi connectivity index (χ4n) is 0.669. The molecule has 0 saturated heterocycles. The summed E-state index contributed by atoms with van der Waals surface area (Å²) < 4.78 is 4.70. The molecule has 0 fully saturated rings. The highest BCUT2D eigenvalue weighted by atomic mass is 35.5. The summed E-state index contributed by atoms with van der Waals surface area (Å²) in [5.74, 6) is 0.651. The Morgan fingerprint density at radius 3 is 2.83 bits per heavy atom. The van der Waals surface area contributed by atoms with Gasteiger partial charge in [-0.05, 0) is 0 Å². The molecule has 0 radical (unpaired) electrons. The molecule has 1 aromatic heterocycles. The molecule has 0 unspecified atom stereocenters. The highest BCUT2D eigenvalue weighted by Gasteiger charge is 1.98. The topological polar surface area (TPSA) is 81.0 Å². The van der Waals surface area contributed by atoms with E-state index in [1.165, 1.54) is 13.3 Å². The summed E-state index contributed by atoms with van der Waals surface area (Å²) in [6.07, 6.45) is 1.35. The molecule has 0 saturated carbocycles. The van der Waals surface area contributed by atoms with Crippen molar-refractivity contribution in [2.24, 2.45) is 5.73 Å². The van der Waals surface area contributed by atoms with Crippen molar-refractivity contribution >= 4 is 12.4 Å². The zero-order valence-electron chi connectivity index (χ0n) is 6.53. The third kappa shape index (κ3) is 2.21. The van der Waals surface area contributed by atoms with E-state index < -0.39 is 0 Å². The van der Waals surface area contributed by atoms with E-state index >= 15 is 0 Å². The molecule has 0 spiro atoms. The molecule has 68 valence electrons. The van der Waals surface area contributed by atoms with Gasteiger partial charge in [-0.2, -0.15) is 0 Å². The Morgan fingerprint density at radius 1 is 1.75 bits per heavy atom. The number of nitrogens with one attached hydrogen (secondary N) is 1.